The summed E-state index contributed by atoms with van der Waals surface area (Å²) in [7, 11) is 0. The lowest BCUT2D eigenvalue weighted by atomic mass is 10.1. The van der Waals surface area contributed by atoms with E-state index in [1.807, 2.05) is 19.1 Å². The first-order valence-electron chi connectivity index (χ1n) is 9.51. The molecule has 1 fully saturated rings. The Hall–Kier alpha value is -3.22. The number of aromatic nitrogens is 2. The summed E-state index contributed by atoms with van der Waals surface area (Å²) < 4.78 is 7.07. The molecule has 1 aromatic carbocycles. The van der Waals surface area contributed by atoms with Crippen LogP contribution in [0.1, 0.15) is 54.6 Å². The number of carbonyl (C=O) groups excluding carboxylic acids is 1. The Morgan fingerprint density at radius 2 is 2.07 bits per heavy atom. The maximum absolute atomic E-state index is 12.6. The van der Waals surface area contributed by atoms with Crippen molar-refractivity contribution in [1.82, 2.24) is 15.2 Å². The zero-order valence-electron chi connectivity index (χ0n) is 15.9. The van der Waals surface area contributed by atoms with Gasteiger partial charge >= 0.3 is 0 Å². The van der Waals surface area contributed by atoms with Crippen molar-refractivity contribution < 1.29 is 9.21 Å². The lowest BCUT2D eigenvalue weighted by molar-refractivity contribution is 0.0949. The van der Waals surface area contributed by atoms with Gasteiger partial charge in [0.2, 0.25) is 0 Å². The van der Waals surface area contributed by atoms with Gasteiger partial charge in [0.25, 0.3) is 11.5 Å². The van der Waals surface area contributed by atoms with E-state index in [2.05, 4.69) is 22.5 Å². The highest BCUT2D eigenvalue weighted by atomic mass is 16.3. The van der Waals surface area contributed by atoms with Crippen LogP contribution in [-0.4, -0.2) is 21.9 Å². The molecule has 28 heavy (non-hydrogen) atoms. The molecule has 1 N–H and O–H groups in total. The fourth-order valence-electron chi connectivity index (χ4n) is 3.33. The second-order valence-corrected chi connectivity index (χ2v) is 7.18. The van der Waals surface area contributed by atoms with E-state index in [1.54, 1.807) is 24.3 Å². The Morgan fingerprint density at radius 3 is 2.79 bits per heavy atom. The monoisotopic (exact) mass is 378 g/mol. The lowest BCUT2D eigenvalue weighted by Gasteiger charge is -2.09. The molecule has 0 bridgehead atoms. The molecule has 144 valence electrons. The molecule has 1 saturated carbocycles. The predicted molar refractivity (Wildman–Crippen MR) is 107 cm³/mol. The van der Waals surface area contributed by atoms with E-state index in [0.29, 0.717) is 34.9 Å². The first kappa shape index (κ1) is 18.2. The van der Waals surface area contributed by atoms with Crippen molar-refractivity contribution >= 4 is 22.9 Å². The van der Waals surface area contributed by atoms with E-state index < -0.39 is 5.91 Å². The van der Waals surface area contributed by atoms with Crippen molar-refractivity contribution in [2.24, 2.45) is 11.0 Å². The third kappa shape index (κ3) is 3.47. The molecule has 2 atom stereocenters. The number of nitrogens with one attached hydrogen (secondary N) is 1. The Bertz CT molecular complexity index is 1110. The van der Waals surface area contributed by atoms with Gasteiger partial charge in [-0.3, -0.25) is 9.59 Å². The maximum Gasteiger partial charge on any atom is 0.292 e. The Balaban J connectivity index is 1.56. The van der Waals surface area contributed by atoms with Gasteiger partial charge < -0.3 is 4.42 Å². The molecule has 4 rings (SSSR count). The highest BCUT2D eigenvalue weighted by molar-refractivity contribution is 6.04. The summed E-state index contributed by atoms with van der Waals surface area (Å²) in [6.45, 7) is 4.59. The summed E-state index contributed by atoms with van der Waals surface area (Å²) in [5.74, 6) is 2.23. The molecule has 2 heterocycles. The molecule has 1 aliphatic carbocycles. The highest BCUT2D eigenvalue weighted by Gasteiger charge is 2.36. The third-order valence-electron chi connectivity index (χ3n) is 5.00. The fraction of sp³-hybridized carbons (Fsp3) is 0.333. The molecular weight excluding hydrogens is 356 g/mol. The number of hydrogen-bond acceptors (Lipinski definition) is 5. The van der Waals surface area contributed by atoms with Crippen LogP contribution in [0.25, 0.3) is 10.8 Å². The zero-order valence-corrected chi connectivity index (χ0v) is 15.9. The van der Waals surface area contributed by atoms with Crippen molar-refractivity contribution in [3.05, 3.63) is 64.0 Å². The zero-order chi connectivity index (χ0) is 19.7. The molecule has 0 saturated heterocycles. The van der Waals surface area contributed by atoms with Crippen LogP contribution >= 0.6 is 0 Å². The Labute approximate surface area is 162 Å². The van der Waals surface area contributed by atoms with Crippen LogP contribution in [0.3, 0.4) is 0 Å². The van der Waals surface area contributed by atoms with Crippen molar-refractivity contribution in [2.75, 3.05) is 0 Å². The number of hydrogen-bond donors (Lipinski definition) is 1. The topological polar surface area (TPSA) is 89.5 Å². The number of carbonyl (C=O) groups is 1. The summed E-state index contributed by atoms with van der Waals surface area (Å²) in [6.07, 6.45) is 3.36. The van der Waals surface area contributed by atoms with Gasteiger partial charge in [0.1, 0.15) is 11.5 Å². The minimum absolute atomic E-state index is 0.174. The molecule has 7 nitrogen and oxygen atoms in total. The van der Waals surface area contributed by atoms with Gasteiger partial charge in [-0.05, 0) is 37.0 Å². The minimum Gasteiger partial charge on any atom is -0.460 e. The lowest BCUT2D eigenvalue weighted by Crippen LogP contribution is -2.29. The van der Waals surface area contributed by atoms with Gasteiger partial charge in [-0.2, -0.15) is 10.2 Å². The molecular formula is C21H22N4O3. The average Bonchev–Trinajstić information content (AvgIpc) is 3.24. The van der Waals surface area contributed by atoms with E-state index in [1.165, 1.54) is 10.9 Å². The number of fused-ring (bicyclic) bond motifs is 1. The van der Waals surface area contributed by atoms with Crippen LogP contribution in [-0.2, 0) is 6.54 Å². The number of nitrogens with zero attached hydrogens (tertiary/aromatic N) is 3. The quantitative estimate of drug-likeness (QED) is 0.526. The second kappa shape index (κ2) is 7.42. The molecule has 1 aliphatic rings. The predicted octanol–water partition coefficient (Wildman–Crippen LogP) is 3.29. The molecule has 0 radical (unpaired) electrons. The third-order valence-corrected chi connectivity index (χ3v) is 5.00. The molecule has 0 aliphatic heterocycles. The van der Waals surface area contributed by atoms with Crippen molar-refractivity contribution in [2.45, 2.75) is 39.2 Å². The SMILES string of the molecule is CCCn1nc(C(=O)N/N=C\c2ccc([C@H]3C[C@H]3C)o2)c2ccccc2c1=O. The van der Waals surface area contributed by atoms with Crippen LogP contribution in [0, 0.1) is 5.92 Å². The first-order valence-corrected chi connectivity index (χ1v) is 9.51. The molecule has 7 heteroatoms. The highest BCUT2D eigenvalue weighted by Crippen LogP contribution is 2.47. The number of hydrazone groups is 1. The van der Waals surface area contributed by atoms with Gasteiger partial charge in [0.15, 0.2) is 5.69 Å². The summed E-state index contributed by atoms with van der Waals surface area (Å²) in [5, 5.41) is 9.22. The van der Waals surface area contributed by atoms with Gasteiger partial charge in [0.05, 0.1) is 11.6 Å². The van der Waals surface area contributed by atoms with Crippen molar-refractivity contribution in [3.63, 3.8) is 0 Å². The number of furan rings is 1. The average molecular weight is 378 g/mol. The summed E-state index contributed by atoms with van der Waals surface area (Å²) in [4.78, 5) is 25.2. The summed E-state index contributed by atoms with van der Waals surface area (Å²) in [5.41, 5.74) is 2.46. The largest absolute Gasteiger partial charge is 0.460 e. The molecule has 3 aromatic rings. The number of benzene rings is 1. The van der Waals surface area contributed by atoms with Gasteiger partial charge in [-0.25, -0.2) is 10.1 Å². The fourth-order valence-corrected chi connectivity index (χ4v) is 3.33. The normalized spacial score (nSPS) is 18.6. The molecule has 1 amide bonds. The van der Waals surface area contributed by atoms with E-state index in [0.717, 1.165) is 18.6 Å². The minimum atomic E-state index is -0.472. The second-order valence-electron chi connectivity index (χ2n) is 7.18. The first-order chi connectivity index (χ1) is 13.6. The van der Waals surface area contributed by atoms with Crippen LogP contribution in [0.15, 0.2) is 50.7 Å². The Kier molecular flexibility index (Phi) is 4.81. The van der Waals surface area contributed by atoms with Crippen molar-refractivity contribution in [3.8, 4) is 0 Å². The van der Waals surface area contributed by atoms with E-state index in [-0.39, 0.29) is 11.3 Å². The van der Waals surface area contributed by atoms with Crippen LogP contribution in [0.2, 0.25) is 0 Å². The van der Waals surface area contributed by atoms with Crippen molar-refractivity contribution in [1.29, 1.82) is 0 Å². The summed E-state index contributed by atoms with van der Waals surface area (Å²) in [6, 6.07) is 10.8. The number of amides is 1. The molecule has 0 unspecified atom stereocenters. The maximum atomic E-state index is 12.6. The summed E-state index contributed by atoms with van der Waals surface area (Å²) >= 11 is 0. The Morgan fingerprint density at radius 1 is 1.32 bits per heavy atom. The smallest absolute Gasteiger partial charge is 0.292 e. The van der Waals surface area contributed by atoms with Crippen LogP contribution in [0.5, 0.6) is 0 Å². The number of rotatable bonds is 6. The number of aryl methyl sites for hydroxylation is 1. The van der Waals surface area contributed by atoms with E-state index in [9.17, 15) is 9.59 Å². The van der Waals surface area contributed by atoms with Crippen LogP contribution < -0.4 is 11.0 Å². The van der Waals surface area contributed by atoms with E-state index >= 15 is 0 Å². The van der Waals surface area contributed by atoms with Gasteiger partial charge in [-0.15, -0.1) is 0 Å². The molecule has 0 spiro atoms. The van der Waals surface area contributed by atoms with E-state index in [4.69, 9.17) is 4.42 Å². The van der Waals surface area contributed by atoms with Crippen LogP contribution in [0.4, 0.5) is 0 Å². The van der Waals surface area contributed by atoms with Gasteiger partial charge in [0, 0.05) is 17.8 Å². The molecule has 2 aromatic heterocycles. The standard InChI is InChI=1S/C21H22N4O3/c1-3-10-25-21(27)16-7-5-4-6-15(16)19(24-25)20(26)23-22-12-14-8-9-18(28-14)17-11-13(17)2/h4-9,12-13,17H,3,10-11H2,1-2H3,(H,23,26)/b22-12-/t13-,17+/m1/s1. The van der Waals surface area contributed by atoms with Gasteiger partial charge in [-0.1, -0.05) is 32.0 Å².